The van der Waals surface area contributed by atoms with Gasteiger partial charge in [0.15, 0.2) is 0 Å². The van der Waals surface area contributed by atoms with E-state index in [0.29, 0.717) is 0 Å². The Hall–Kier alpha value is -0.0800. The molecular weight excluding hydrogens is 160 g/mol. The summed E-state index contributed by atoms with van der Waals surface area (Å²) in [6.07, 6.45) is 5.26. The molecule has 0 aliphatic carbocycles. The van der Waals surface area contributed by atoms with Gasteiger partial charge in [-0.15, -0.1) is 0 Å². The predicted octanol–water partition coefficient (Wildman–Crippen LogP) is 2.35. The van der Waals surface area contributed by atoms with Crippen LogP contribution in [0.25, 0.3) is 0 Å². The van der Waals surface area contributed by atoms with Crippen molar-refractivity contribution >= 4 is 0 Å². The molecule has 0 aromatic carbocycles. The summed E-state index contributed by atoms with van der Waals surface area (Å²) in [6.45, 7) is 6.86. The molecular formula is C11H28N2. The summed E-state index contributed by atoms with van der Waals surface area (Å²) in [7, 11) is 6.00. The highest BCUT2D eigenvalue weighted by atomic mass is 15.0. The quantitative estimate of drug-likeness (QED) is 0.644. The molecule has 0 heterocycles. The van der Waals surface area contributed by atoms with Crippen LogP contribution in [-0.2, 0) is 0 Å². The number of rotatable bonds is 6. The first kappa shape index (κ1) is 15.4. The smallest absolute Gasteiger partial charge is 0.00490 e. The van der Waals surface area contributed by atoms with E-state index < -0.39 is 0 Å². The van der Waals surface area contributed by atoms with Crippen LogP contribution in [0.5, 0.6) is 0 Å². The molecule has 2 heteroatoms. The largest absolute Gasteiger partial charge is 0.317 e. The van der Waals surface area contributed by atoms with Gasteiger partial charge in [-0.25, -0.2) is 0 Å². The first-order valence-corrected chi connectivity index (χ1v) is 5.46. The summed E-state index contributed by atoms with van der Waals surface area (Å²) < 4.78 is 0. The third-order valence-corrected chi connectivity index (χ3v) is 1.41. The van der Waals surface area contributed by atoms with Gasteiger partial charge in [0.25, 0.3) is 0 Å². The number of hydrogen-bond donors (Lipinski definition) is 1. The topological polar surface area (TPSA) is 15.3 Å². The van der Waals surface area contributed by atoms with Crippen molar-refractivity contribution < 1.29 is 0 Å². The van der Waals surface area contributed by atoms with Crippen LogP contribution in [0, 0.1) is 0 Å². The maximum absolute atomic E-state index is 3.39. The van der Waals surface area contributed by atoms with Crippen molar-refractivity contribution in [2.75, 3.05) is 34.2 Å². The predicted molar refractivity (Wildman–Crippen MR) is 62.3 cm³/mol. The van der Waals surface area contributed by atoms with E-state index in [1.54, 1.807) is 0 Å². The highest BCUT2D eigenvalue weighted by Gasteiger charge is 1.83. The summed E-state index contributed by atoms with van der Waals surface area (Å²) in [6, 6.07) is 0. The molecule has 0 radical (unpaired) electrons. The monoisotopic (exact) mass is 188 g/mol. The van der Waals surface area contributed by atoms with E-state index in [9.17, 15) is 0 Å². The Morgan fingerprint density at radius 3 is 1.38 bits per heavy atom. The van der Waals surface area contributed by atoms with Crippen LogP contribution in [0.3, 0.4) is 0 Å². The Balaban J connectivity index is 0. The molecule has 0 saturated heterocycles. The fourth-order valence-corrected chi connectivity index (χ4v) is 0.729. The van der Waals surface area contributed by atoms with E-state index in [2.05, 4.69) is 19.2 Å². The standard InChI is InChI=1S/C8H19N.C3H9N/c1-3-5-7-9-8-6-4-2;1-4(2)3/h9H,3-8H2,1-2H3;1-3H3. The van der Waals surface area contributed by atoms with Gasteiger partial charge in [0.2, 0.25) is 0 Å². The molecule has 82 valence electrons. The van der Waals surface area contributed by atoms with E-state index in [1.807, 2.05) is 26.0 Å². The molecule has 0 aromatic heterocycles. The summed E-state index contributed by atoms with van der Waals surface area (Å²) in [5.41, 5.74) is 0. The summed E-state index contributed by atoms with van der Waals surface area (Å²) in [5.74, 6) is 0. The fourth-order valence-electron chi connectivity index (χ4n) is 0.729. The number of unbranched alkanes of at least 4 members (excludes halogenated alkanes) is 2. The zero-order valence-electron chi connectivity index (χ0n) is 10.2. The molecule has 0 aliphatic rings. The zero-order valence-corrected chi connectivity index (χ0v) is 10.2. The lowest BCUT2D eigenvalue weighted by atomic mass is 10.3. The van der Waals surface area contributed by atoms with Crippen molar-refractivity contribution in [1.82, 2.24) is 10.2 Å². The Bertz CT molecular complexity index is 63.7. The van der Waals surface area contributed by atoms with Gasteiger partial charge in [0, 0.05) is 0 Å². The van der Waals surface area contributed by atoms with Gasteiger partial charge in [0.1, 0.15) is 0 Å². The van der Waals surface area contributed by atoms with Crippen molar-refractivity contribution in [2.24, 2.45) is 0 Å². The normalized spacial score (nSPS) is 9.69. The first-order chi connectivity index (χ1) is 6.15. The van der Waals surface area contributed by atoms with Gasteiger partial charge in [-0.1, -0.05) is 26.7 Å². The van der Waals surface area contributed by atoms with Crippen molar-refractivity contribution in [1.29, 1.82) is 0 Å². The van der Waals surface area contributed by atoms with Crippen LogP contribution in [0.1, 0.15) is 39.5 Å². The summed E-state index contributed by atoms with van der Waals surface area (Å²) in [4.78, 5) is 2.00. The van der Waals surface area contributed by atoms with Gasteiger partial charge in [-0.3, -0.25) is 0 Å². The number of hydrogen-bond acceptors (Lipinski definition) is 2. The molecule has 0 unspecified atom stereocenters. The Labute approximate surface area is 84.7 Å². The third kappa shape index (κ3) is 33.5. The molecule has 0 bridgehead atoms. The lowest BCUT2D eigenvalue weighted by Crippen LogP contribution is -2.15. The number of nitrogens with one attached hydrogen (secondary N) is 1. The molecule has 2 nitrogen and oxygen atoms in total. The van der Waals surface area contributed by atoms with E-state index >= 15 is 0 Å². The fraction of sp³-hybridized carbons (Fsp3) is 1.00. The summed E-state index contributed by atoms with van der Waals surface area (Å²) >= 11 is 0. The maximum Gasteiger partial charge on any atom is -0.00490 e. The summed E-state index contributed by atoms with van der Waals surface area (Å²) in [5, 5.41) is 3.39. The van der Waals surface area contributed by atoms with Crippen LogP contribution in [0.2, 0.25) is 0 Å². The first-order valence-electron chi connectivity index (χ1n) is 5.46. The molecule has 0 amide bonds. The second-order valence-corrected chi connectivity index (χ2v) is 3.80. The van der Waals surface area contributed by atoms with Crippen LogP contribution in [0.4, 0.5) is 0 Å². The molecule has 1 N–H and O–H groups in total. The van der Waals surface area contributed by atoms with Crippen molar-refractivity contribution in [2.45, 2.75) is 39.5 Å². The van der Waals surface area contributed by atoms with E-state index in [4.69, 9.17) is 0 Å². The van der Waals surface area contributed by atoms with Crippen LogP contribution >= 0.6 is 0 Å². The molecule has 0 fully saturated rings. The SMILES string of the molecule is CCCCNCCCC.CN(C)C. The van der Waals surface area contributed by atoms with Gasteiger partial charge >= 0.3 is 0 Å². The lowest BCUT2D eigenvalue weighted by Gasteiger charge is -1.99. The zero-order chi connectivity index (χ0) is 10.5. The Kier molecular flexibility index (Phi) is 17.1. The second kappa shape index (κ2) is 14.4. The minimum absolute atomic E-state index is 1.20. The third-order valence-electron chi connectivity index (χ3n) is 1.41. The highest BCUT2D eigenvalue weighted by molar-refractivity contribution is 4.45. The van der Waals surface area contributed by atoms with E-state index in [-0.39, 0.29) is 0 Å². The highest BCUT2D eigenvalue weighted by Crippen LogP contribution is 1.85. The molecule has 13 heavy (non-hydrogen) atoms. The molecule has 0 aromatic rings. The Morgan fingerprint density at radius 1 is 0.846 bits per heavy atom. The Morgan fingerprint density at radius 2 is 1.15 bits per heavy atom. The van der Waals surface area contributed by atoms with Crippen molar-refractivity contribution in [3.63, 3.8) is 0 Å². The molecule has 0 rings (SSSR count). The van der Waals surface area contributed by atoms with Gasteiger partial charge in [-0.2, -0.15) is 0 Å². The van der Waals surface area contributed by atoms with Crippen LogP contribution in [0.15, 0.2) is 0 Å². The average molecular weight is 188 g/mol. The molecule has 0 spiro atoms. The molecule has 0 aliphatic heterocycles. The van der Waals surface area contributed by atoms with Crippen LogP contribution < -0.4 is 5.32 Å². The second-order valence-electron chi connectivity index (χ2n) is 3.80. The average Bonchev–Trinajstić information content (AvgIpc) is 2.03. The van der Waals surface area contributed by atoms with Crippen molar-refractivity contribution in [3.05, 3.63) is 0 Å². The van der Waals surface area contributed by atoms with Crippen LogP contribution in [-0.4, -0.2) is 39.1 Å². The molecule has 0 saturated carbocycles. The number of nitrogens with zero attached hydrogens (tertiary/aromatic N) is 1. The molecule has 0 atom stereocenters. The minimum atomic E-state index is 1.20. The maximum atomic E-state index is 3.39. The minimum Gasteiger partial charge on any atom is -0.317 e. The van der Waals surface area contributed by atoms with Gasteiger partial charge in [0.05, 0.1) is 0 Å². The van der Waals surface area contributed by atoms with E-state index in [1.165, 1.54) is 38.8 Å². The van der Waals surface area contributed by atoms with Crippen molar-refractivity contribution in [3.8, 4) is 0 Å². The lowest BCUT2D eigenvalue weighted by molar-refractivity contribution is 0.505. The van der Waals surface area contributed by atoms with Gasteiger partial charge in [-0.05, 0) is 47.1 Å². The van der Waals surface area contributed by atoms with E-state index in [0.717, 1.165) is 0 Å². The van der Waals surface area contributed by atoms with Gasteiger partial charge < -0.3 is 10.2 Å².